The van der Waals surface area contributed by atoms with Crippen LogP contribution in [0.15, 0.2) is 47.4 Å². The summed E-state index contributed by atoms with van der Waals surface area (Å²) in [6, 6.07) is 13.7. The first-order valence-electron chi connectivity index (χ1n) is 7.43. The van der Waals surface area contributed by atoms with E-state index in [1.54, 1.807) is 4.31 Å². The smallest absolute Gasteiger partial charge is 0.207 e. The molecule has 1 heterocycles. The van der Waals surface area contributed by atoms with Gasteiger partial charge in [0.25, 0.3) is 0 Å². The Labute approximate surface area is 132 Å². The van der Waals surface area contributed by atoms with Crippen LogP contribution in [0.4, 0.5) is 0 Å². The third-order valence-electron chi connectivity index (χ3n) is 4.45. The monoisotopic (exact) mass is 315 g/mol. The van der Waals surface area contributed by atoms with Crippen molar-refractivity contribution in [2.45, 2.75) is 38.1 Å². The molecule has 1 unspecified atom stereocenters. The van der Waals surface area contributed by atoms with Crippen LogP contribution < -0.4 is 0 Å². The lowest BCUT2D eigenvalue weighted by Gasteiger charge is -2.17. The third-order valence-corrected chi connectivity index (χ3v) is 6.72. The van der Waals surface area contributed by atoms with Crippen LogP contribution in [-0.4, -0.2) is 19.3 Å². The first-order chi connectivity index (χ1) is 10.3. The predicted molar refractivity (Wildman–Crippen MR) is 88.3 cm³/mol. The Morgan fingerprint density at radius 1 is 1.00 bits per heavy atom. The molecular weight excluding hydrogens is 294 g/mol. The summed E-state index contributed by atoms with van der Waals surface area (Å²) in [5, 5.41) is 0. The number of benzene rings is 2. The van der Waals surface area contributed by atoms with Gasteiger partial charge >= 0.3 is 0 Å². The average Bonchev–Trinajstić information content (AvgIpc) is 3.13. The number of hydrogen-bond donors (Lipinski definition) is 0. The van der Waals surface area contributed by atoms with E-state index in [4.69, 9.17) is 0 Å². The van der Waals surface area contributed by atoms with Crippen molar-refractivity contribution in [3.8, 4) is 0 Å². The first-order valence-corrected chi connectivity index (χ1v) is 8.87. The van der Waals surface area contributed by atoms with E-state index in [2.05, 4.69) is 0 Å². The van der Waals surface area contributed by atoms with Crippen molar-refractivity contribution in [1.82, 2.24) is 4.31 Å². The van der Waals surface area contributed by atoms with E-state index >= 15 is 0 Å². The number of sulfonamides is 1. The van der Waals surface area contributed by atoms with Crippen molar-refractivity contribution >= 4 is 10.0 Å². The van der Waals surface area contributed by atoms with Crippen LogP contribution in [0.5, 0.6) is 0 Å². The minimum atomic E-state index is -3.47. The first kappa shape index (κ1) is 15.3. The maximum atomic E-state index is 13.1. The van der Waals surface area contributed by atoms with E-state index in [1.165, 1.54) is 0 Å². The van der Waals surface area contributed by atoms with Crippen LogP contribution in [-0.2, 0) is 15.6 Å². The SMILES string of the molecule is Cc1cc(C)c(S(=O)(=O)N2C[C@]2(C)c2ccccc2)c(C)c1. The molecule has 2 atom stereocenters. The molecule has 2 aromatic rings. The second-order valence-corrected chi connectivity index (χ2v) is 8.18. The number of nitrogens with zero attached hydrogens (tertiary/aromatic N) is 1. The normalized spacial score (nSPS) is 24.3. The topological polar surface area (TPSA) is 37.1 Å². The molecule has 4 heteroatoms. The lowest BCUT2D eigenvalue weighted by molar-refractivity contribution is 0.522. The Balaban J connectivity index is 2.04. The van der Waals surface area contributed by atoms with Gasteiger partial charge in [-0.3, -0.25) is 0 Å². The zero-order valence-corrected chi connectivity index (χ0v) is 14.2. The van der Waals surface area contributed by atoms with E-state index in [1.807, 2.05) is 70.2 Å². The van der Waals surface area contributed by atoms with Crippen LogP contribution in [0.25, 0.3) is 0 Å². The van der Waals surface area contributed by atoms with Gasteiger partial charge in [0, 0.05) is 6.54 Å². The third kappa shape index (κ3) is 2.27. The van der Waals surface area contributed by atoms with Crippen molar-refractivity contribution in [2.75, 3.05) is 6.54 Å². The molecule has 1 aliphatic rings. The summed E-state index contributed by atoms with van der Waals surface area (Å²) in [5.74, 6) is 0. The quantitative estimate of drug-likeness (QED) is 0.813. The van der Waals surface area contributed by atoms with E-state index in [0.29, 0.717) is 11.4 Å². The molecule has 1 fully saturated rings. The molecule has 0 amide bonds. The van der Waals surface area contributed by atoms with Crippen LogP contribution >= 0.6 is 0 Å². The van der Waals surface area contributed by atoms with Gasteiger partial charge in [0.2, 0.25) is 10.0 Å². The molecule has 2 aromatic carbocycles. The van der Waals surface area contributed by atoms with Gasteiger partial charge in [-0.2, -0.15) is 4.31 Å². The second-order valence-electron chi connectivity index (χ2n) is 6.38. The lowest BCUT2D eigenvalue weighted by Crippen LogP contribution is -2.21. The van der Waals surface area contributed by atoms with E-state index in [0.717, 1.165) is 22.3 Å². The van der Waals surface area contributed by atoms with Crippen LogP contribution in [0.3, 0.4) is 0 Å². The van der Waals surface area contributed by atoms with Crippen LogP contribution in [0, 0.1) is 20.8 Å². The lowest BCUT2D eigenvalue weighted by atomic mass is 10.0. The molecule has 0 bridgehead atoms. The molecule has 0 saturated carbocycles. The van der Waals surface area contributed by atoms with E-state index in [9.17, 15) is 8.42 Å². The highest BCUT2D eigenvalue weighted by Crippen LogP contribution is 2.47. The van der Waals surface area contributed by atoms with Crippen molar-refractivity contribution < 1.29 is 8.42 Å². The van der Waals surface area contributed by atoms with Gasteiger partial charge in [-0.1, -0.05) is 48.0 Å². The molecule has 1 saturated heterocycles. The fraction of sp³-hybridized carbons (Fsp3) is 0.333. The molecule has 0 spiro atoms. The maximum Gasteiger partial charge on any atom is 0.244 e. The summed E-state index contributed by atoms with van der Waals surface area (Å²) in [6.07, 6.45) is 0. The van der Waals surface area contributed by atoms with Gasteiger partial charge in [-0.05, 0) is 44.4 Å². The zero-order valence-electron chi connectivity index (χ0n) is 13.4. The largest absolute Gasteiger partial charge is 0.244 e. The van der Waals surface area contributed by atoms with Crippen molar-refractivity contribution in [3.63, 3.8) is 0 Å². The van der Waals surface area contributed by atoms with Gasteiger partial charge in [-0.25, -0.2) is 8.42 Å². The Hall–Kier alpha value is -1.65. The highest BCUT2D eigenvalue weighted by molar-refractivity contribution is 7.89. The number of hydrogen-bond acceptors (Lipinski definition) is 2. The molecule has 3 nitrogen and oxygen atoms in total. The van der Waals surface area contributed by atoms with Crippen molar-refractivity contribution in [3.05, 3.63) is 64.7 Å². The molecule has 0 radical (unpaired) electrons. The zero-order chi connectivity index (χ0) is 16.1. The highest BCUT2D eigenvalue weighted by Gasteiger charge is 2.56. The standard InChI is InChI=1S/C18H21NO2S/c1-13-10-14(2)17(15(3)11-13)22(20,21)19-12-18(19,4)16-8-6-5-7-9-16/h5-11H,12H2,1-4H3/t18-,19?/m1/s1. The van der Waals surface area contributed by atoms with Crippen molar-refractivity contribution in [1.29, 1.82) is 0 Å². The summed E-state index contributed by atoms with van der Waals surface area (Å²) < 4.78 is 27.7. The Morgan fingerprint density at radius 2 is 1.55 bits per heavy atom. The summed E-state index contributed by atoms with van der Waals surface area (Å²) >= 11 is 0. The molecule has 0 aromatic heterocycles. The predicted octanol–water partition coefficient (Wildman–Crippen LogP) is 3.53. The molecule has 116 valence electrons. The Kier molecular flexibility index (Phi) is 3.42. The second kappa shape index (κ2) is 4.93. The molecular formula is C18H21NO2S. The van der Waals surface area contributed by atoms with Gasteiger partial charge in [0.15, 0.2) is 0 Å². The number of rotatable bonds is 3. The van der Waals surface area contributed by atoms with Crippen molar-refractivity contribution in [2.24, 2.45) is 0 Å². The average molecular weight is 315 g/mol. The minimum absolute atomic E-state index is 0.427. The fourth-order valence-corrected chi connectivity index (χ4v) is 5.52. The van der Waals surface area contributed by atoms with Gasteiger partial charge in [-0.15, -0.1) is 0 Å². The number of aryl methyl sites for hydroxylation is 3. The molecule has 3 rings (SSSR count). The molecule has 0 aliphatic carbocycles. The summed E-state index contributed by atoms with van der Waals surface area (Å²) in [7, 11) is -3.47. The van der Waals surface area contributed by atoms with Gasteiger partial charge in [0.05, 0.1) is 10.4 Å². The minimum Gasteiger partial charge on any atom is -0.207 e. The van der Waals surface area contributed by atoms with Gasteiger partial charge in [0.1, 0.15) is 0 Å². The van der Waals surface area contributed by atoms with Crippen LogP contribution in [0.2, 0.25) is 0 Å². The van der Waals surface area contributed by atoms with Gasteiger partial charge < -0.3 is 0 Å². The summed E-state index contributed by atoms with van der Waals surface area (Å²) in [4.78, 5) is 0.456. The Bertz CT molecular complexity index is 804. The molecule has 1 aliphatic heterocycles. The highest BCUT2D eigenvalue weighted by atomic mass is 32.2. The van der Waals surface area contributed by atoms with E-state index in [-0.39, 0.29) is 0 Å². The maximum absolute atomic E-state index is 13.1. The van der Waals surface area contributed by atoms with Crippen LogP contribution in [0.1, 0.15) is 29.2 Å². The molecule has 22 heavy (non-hydrogen) atoms. The van der Waals surface area contributed by atoms with E-state index < -0.39 is 15.6 Å². The summed E-state index contributed by atoms with van der Waals surface area (Å²) in [6.45, 7) is 8.25. The summed E-state index contributed by atoms with van der Waals surface area (Å²) in [5.41, 5.74) is 3.34. The Morgan fingerprint density at radius 3 is 2.09 bits per heavy atom. The molecule has 0 N–H and O–H groups in total. The fourth-order valence-electron chi connectivity index (χ4n) is 3.31.